The van der Waals surface area contributed by atoms with E-state index in [-0.39, 0.29) is 5.69 Å². The topological polar surface area (TPSA) is 50.2 Å². The number of carbonyl (C=O) groups is 1. The third-order valence-electron chi connectivity index (χ3n) is 1.53. The van der Waals surface area contributed by atoms with Gasteiger partial charge in [0.15, 0.2) is 0 Å². The summed E-state index contributed by atoms with van der Waals surface area (Å²) in [5, 5.41) is 8.63. The van der Waals surface area contributed by atoms with Gasteiger partial charge in [0.1, 0.15) is 0 Å². The third-order valence-corrected chi connectivity index (χ3v) is 3.35. The first kappa shape index (κ1) is 7.52. The van der Waals surface area contributed by atoms with E-state index in [0.29, 0.717) is 14.5 Å². The second kappa shape index (κ2) is 2.73. The Kier molecular flexibility index (Phi) is 1.71. The van der Waals surface area contributed by atoms with Crippen molar-refractivity contribution in [2.24, 2.45) is 0 Å². The molecule has 0 bridgehead atoms. The van der Waals surface area contributed by atoms with Gasteiger partial charge in [-0.05, 0) is 0 Å². The molecule has 0 aliphatic heterocycles. The van der Waals surface area contributed by atoms with Crippen molar-refractivity contribution in [2.75, 3.05) is 0 Å². The van der Waals surface area contributed by atoms with E-state index in [0.717, 1.165) is 9.78 Å². The molecular weight excluding hydrogens is 221 g/mol. The molecular formula is C8H5NO2Se. The molecule has 1 N–H and O–H groups in total. The van der Waals surface area contributed by atoms with Crippen molar-refractivity contribution in [2.45, 2.75) is 0 Å². The van der Waals surface area contributed by atoms with Gasteiger partial charge in [0, 0.05) is 0 Å². The van der Waals surface area contributed by atoms with E-state index < -0.39 is 5.97 Å². The number of carboxylic acid groups (broad SMARTS) is 1. The van der Waals surface area contributed by atoms with Crippen molar-refractivity contribution in [3.8, 4) is 0 Å². The summed E-state index contributed by atoms with van der Waals surface area (Å²) in [6, 6.07) is 5.27. The van der Waals surface area contributed by atoms with Gasteiger partial charge >= 0.3 is 74.0 Å². The van der Waals surface area contributed by atoms with E-state index in [9.17, 15) is 4.79 Å². The van der Waals surface area contributed by atoms with Gasteiger partial charge in [-0.3, -0.25) is 0 Å². The molecule has 2 aromatic heterocycles. The molecule has 2 aromatic rings. The Labute approximate surface area is 74.4 Å². The zero-order valence-corrected chi connectivity index (χ0v) is 7.73. The molecule has 0 spiro atoms. The summed E-state index contributed by atoms with van der Waals surface area (Å²) in [4.78, 5) is 16.5. The van der Waals surface area contributed by atoms with Crippen LogP contribution in [0.4, 0.5) is 0 Å². The molecule has 4 heteroatoms. The molecule has 0 aliphatic rings. The van der Waals surface area contributed by atoms with E-state index in [1.165, 1.54) is 0 Å². The van der Waals surface area contributed by atoms with Crippen molar-refractivity contribution >= 4 is 30.2 Å². The number of nitrogens with zero attached hydrogens (tertiary/aromatic N) is 1. The molecule has 0 unspecified atom stereocenters. The van der Waals surface area contributed by atoms with Crippen molar-refractivity contribution < 1.29 is 9.90 Å². The Hall–Kier alpha value is -1.12. The fourth-order valence-electron chi connectivity index (χ4n) is 0.972. The molecule has 0 saturated heterocycles. The normalized spacial score (nSPS) is 10.3. The average Bonchev–Trinajstić information content (AvgIpc) is 2.49. The molecule has 2 rings (SSSR count). The summed E-state index contributed by atoms with van der Waals surface area (Å²) >= 11 is 0.347. The van der Waals surface area contributed by atoms with Crippen LogP contribution in [0, 0.1) is 0 Å². The standard InChI is InChI=1S/C8H5NO2Se/c10-8(11)6-1-2-7-5(9-6)3-4-12-7/h1-4H,(H,10,11). The maximum atomic E-state index is 10.5. The quantitative estimate of drug-likeness (QED) is 0.737. The van der Waals surface area contributed by atoms with Gasteiger partial charge in [-0.2, -0.15) is 0 Å². The first-order chi connectivity index (χ1) is 5.77. The average molecular weight is 226 g/mol. The zero-order valence-electron chi connectivity index (χ0n) is 6.02. The van der Waals surface area contributed by atoms with Crippen LogP contribution in [-0.4, -0.2) is 30.6 Å². The Morgan fingerprint density at radius 3 is 3.00 bits per heavy atom. The van der Waals surface area contributed by atoms with E-state index in [4.69, 9.17) is 5.11 Å². The minimum atomic E-state index is -0.967. The number of carboxylic acids is 1. The third kappa shape index (κ3) is 1.15. The Balaban J connectivity index is 2.68. The van der Waals surface area contributed by atoms with Crippen molar-refractivity contribution in [3.05, 3.63) is 28.8 Å². The number of fused-ring (bicyclic) bond motifs is 1. The fourth-order valence-corrected chi connectivity index (χ4v) is 2.49. The van der Waals surface area contributed by atoms with Crippen LogP contribution in [0.3, 0.4) is 0 Å². The monoisotopic (exact) mass is 227 g/mol. The number of hydrogen-bond acceptors (Lipinski definition) is 2. The number of rotatable bonds is 1. The number of aromatic carboxylic acids is 1. The molecule has 12 heavy (non-hydrogen) atoms. The molecule has 2 heterocycles. The Morgan fingerprint density at radius 1 is 1.42 bits per heavy atom. The van der Waals surface area contributed by atoms with Crippen molar-refractivity contribution in [3.63, 3.8) is 0 Å². The molecule has 60 valence electrons. The Morgan fingerprint density at radius 2 is 2.25 bits per heavy atom. The summed E-state index contributed by atoms with van der Waals surface area (Å²) < 4.78 is 1.16. The van der Waals surface area contributed by atoms with Crippen LogP contribution in [-0.2, 0) is 0 Å². The van der Waals surface area contributed by atoms with Gasteiger partial charge in [0.25, 0.3) is 0 Å². The maximum absolute atomic E-state index is 10.5. The molecule has 3 nitrogen and oxygen atoms in total. The summed E-state index contributed by atoms with van der Waals surface area (Å²) in [6.07, 6.45) is 0. The zero-order chi connectivity index (χ0) is 8.55. The van der Waals surface area contributed by atoms with E-state index >= 15 is 0 Å². The molecule has 0 fully saturated rings. The number of pyridine rings is 1. The molecule has 0 atom stereocenters. The summed E-state index contributed by atoms with van der Waals surface area (Å²) in [6.45, 7) is 0. The fraction of sp³-hybridized carbons (Fsp3) is 0. The van der Waals surface area contributed by atoms with Gasteiger partial charge in [-0.15, -0.1) is 0 Å². The first-order valence-electron chi connectivity index (χ1n) is 3.35. The summed E-state index contributed by atoms with van der Waals surface area (Å²) in [5.74, 6) is -0.967. The predicted octanol–water partition coefficient (Wildman–Crippen LogP) is 0.990. The molecule has 0 saturated carbocycles. The molecule has 0 aliphatic carbocycles. The first-order valence-corrected chi connectivity index (χ1v) is 5.19. The van der Waals surface area contributed by atoms with Crippen LogP contribution >= 0.6 is 0 Å². The summed E-state index contributed by atoms with van der Waals surface area (Å²) in [7, 11) is 0. The number of aromatic nitrogens is 1. The van der Waals surface area contributed by atoms with Crippen LogP contribution in [0.5, 0.6) is 0 Å². The molecule has 0 aromatic carbocycles. The number of hydrogen-bond donors (Lipinski definition) is 1. The van der Waals surface area contributed by atoms with Gasteiger partial charge in [0.2, 0.25) is 0 Å². The second-order valence-corrected chi connectivity index (χ2v) is 4.29. The van der Waals surface area contributed by atoms with Gasteiger partial charge < -0.3 is 0 Å². The van der Waals surface area contributed by atoms with Crippen LogP contribution in [0.1, 0.15) is 10.5 Å². The van der Waals surface area contributed by atoms with Crippen molar-refractivity contribution in [1.29, 1.82) is 0 Å². The SMILES string of the molecule is O=C(O)c1ccc2[se]ccc2n1. The van der Waals surface area contributed by atoms with Gasteiger partial charge in [-0.1, -0.05) is 0 Å². The molecule has 0 amide bonds. The predicted molar refractivity (Wildman–Crippen MR) is 45.6 cm³/mol. The van der Waals surface area contributed by atoms with Crippen LogP contribution in [0.15, 0.2) is 23.1 Å². The minimum absolute atomic E-state index is 0.121. The van der Waals surface area contributed by atoms with E-state index in [1.807, 2.05) is 17.1 Å². The second-order valence-electron chi connectivity index (χ2n) is 2.31. The van der Waals surface area contributed by atoms with Gasteiger partial charge in [0.05, 0.1) is 0 Å². The Bertz CT molecular complexity index is 435. The van der Waals surface area contributed by atoms with Crippen LogP contribution in [0.2, 0.25) is 0 Å². The molecule has 0 radical (unpaired) electrons. The van der Waals surface area contributed by atoms with Crippen LogP contribution in [0.25, 0.3) is 9.78 Å². The van der Waals surface area contributed by atoms with Crippen LogP contribution < -0.4 is 0 Å². The summed E-state index contributed by atoms with van der Waals surface area (Å²) in [5.41, 5.74) is 0.936. The van der Waals surface area contributed by atoms with Gasteiger partial charge in [-0.25, -0.2) is 0 Å². The van der Waals surface area contributed by atoms with Crippen molar-refractivity contribution in [1.82, 2.24) is 4.98 Å². The van der Waals surface area contributed by atoms with E-state index in [1.54, 1.807) is 6.07 Å². The van der Waals surface area contributed by atoms with E-state index in [2.05, 4.69) is 4.98 Å².